The van der Waals surface area contributed by atoms with Gasteiger partial charge in [-0.25, -0.2) is 0 Å². The number of para-hydroxylation sites is 1. The largest absolute Gasteiger partial charge is 0.395 e. The minimum Gasteiger partial charge on any atom is -0.395 e. The fraction of sp³-hybridized carbons (Fsp3) is 0.471. The molecule has 0 saturated heterocycles. The summed E-state index contributed by atoms with van der Waals surface area (Å²) in [5.41, 5.74) is 3.85. The van der Waals surface area contributed by atoms with Crippen LogP contribution in [-0.2, 0) is 6.42 Å². The van der Waals surface area contributed by atoms with Crippen molar-refractivity contribution in [1.29, 1.82) is 0 Å². The first-order valence-corrected chi connectivity index (χ1v) is 7.58. The quantitative estimate of drug-likeness (QED) is 0.821. The molecule has 3 nitrogen and oxygen atoms in total. The van der Waals surface area contributed by atoms with Gasteiger partial charge in [0.1, 0.15) is 0 Å². The lowest BCUT2D eigenvalue weighted by molar-refractivity contribution is 0.291. The Balaban J connectivity index is 1.82. The van der Waals surface area contributed by atoms with Crippen molar-refractivity contribution >= 4 is 10.9 Å². The lowest BCUT2D eigenvalue weighted by Crippen LogP contribution is -2.22. The fourth-order valence-electron chi connectivity index (χ4n) is 3.18. The molecule has 20 heavy (non-hydrogen) atoms. The molecule has 2 aromatic rings. The number of hydrogen-bond donors (Lipinski definition) is 2. The smallest absolute Gasteiger partial charge is 0.0705 e. The first kappa shape index (κ1) is 13.5. The number of pyridine rings is 1. The Kier molecular flexibility index (Phi) is 4.28. The van der Waals surface area contributed by atoms with Crippen molar-refractivity contribution in [3.05, 3.63) is 41.6 Å². The molecule has 0 spiro atoms. The number of nitrogens with one attached hydrogen (secondary N) is 1. The third kappa shape index (κ3) is 2.84. The highest BCUT2D eigenvalue weighted by Gasteiger charge is 2.21. The highest BCUT2D eigenvalue weighted by atomic mass is 16.3. The lowest BCUT2D eigenvalue weighted by atomic mass is 9.83. The third-order valence-electron chi connectivity index (χ3n) is 4.20. The first-order chi connectivity index (χ1) is 9.88. The molecule has 0 fully saturated rings. The zero-order valence-electron chi connectivity index (χ0n) is 11.8. The number of aliphatic hydroxyl groups is 1. The molecule has 1 aromatic carbocycles. The van der Waals surface area contributed by atoms with Gasteiger partial charge in [0.05, 0.1) is 12.1 Å². The van der Waals surface area contributed by atoms with Crippen LogP contribution in [0.3, 0.4) is 0 Å². The van der Waals surface area contributed by atoms with Crippen LogP contribution in [0.15, 0.2) is 30.3 Å². The minimum atomic E-state index is 0.216. The SMILES string of the molecule is OCCNCCC1CCCc2nc3ccccc3cc21. The van der Waals surface area contributed by atoms with Crippen molar-refractivity contribution in [2.75, 3.05) is 19.7 Å². The van der Waals surface area contributed by atoms with Crippen LogP contribution in [-0.4, -0.2) is 29.8 Å². The molecule has 1 unspecified atom stereocenters. The Hall–Kier alpha value is -1.45. The second-order valence-corrected chi connectivity index (χ2v) is 5.57. The highest BCUT2D eigenvalue weighted by molar-refractivity contribution is 5.79. The van der Waals surface area contributed by atoms with E-state index in [9.17, 15) is 0 Å². The fourth-order valence-corrected chi connectivity index (χ4v) is 3.18. The van der Waals surface area contributed by atoms with Crippen LogP contribution >= 0.6 is 0 Å². The number of aryl methyl sites for hydroxylation is 1. The van der Waals surface area contributed by atoms with Crippen molar-refractivity contribution < 1.29 is 5.11 Å². The monoisotopic (exact) mass is 270 g/mol. The number of rotatable bonds is 5. The second kappa shape index (κ2) is 6.33. The summed E-state index contributed by atoms with van der Waals surface area (Å²) in [6, 6.07) is 10.7. The number of hydrogen-bond acceptors (Lipinski definition) is 3. The molecule has 1 aliphatic rings. The van der Waals surface area contributed by atoms with Gasteiger partial charge in [-0.1, -0.05) is 18.2 Å². The highest BCUT2D eigenvalue weighted by Crippen LogP contribution is 2.34. The molecule has 0 amide bonds. The topological polar surface area (TPSA) is 45.1 Å². The van der Waals surface area contributed by atoms with Crippen molar-refractivity contribution in [2.45, 2.75) is 31.6 Å². The number of aliphatic hydroxyl groups excluding tert-OH is 1. The van der Waals surface area contributed by atoms with Gasteiger partial charge in [-0.2, -0.15) is 0 Å². The molecule has 2 N–H and O–H groups in total. The Morgan fingerprint density at radius 1 is 1.25 bits per heavy atom. The van der Waals surface area contributed by atoms with E-state index >= 15 is 0 Å². The molecule has 1 aromatic heterocycles. The summed E-state index contributed by atoms with van der Waals surface area (Å²) in [5.74, 6) is 0.613. The number of benzene rings is 1. The van der Waals surface area contributed by atoms with Crippen LogP contribution in [0, 0.1) is 0 Å². The van der Waals surface area contributed by atoms with Gasteiger partial charge < -0.3 is 10.4 Å². The van der Waals surface area contributed by atoms with Gasteiger partial charge in [-0.05, 0) is 55.8 Å². The molecular formula is C17H22N2O. The van der Waals surface area contributed by atoms with Gasteiger partial charge in [0.25, 0.3) is 0 Å². The van der Waals surface area contributed by atoms with Crippen molar-refractivity contribution in [2.24, 2.45) is 0 Å². The van der Waals surface area contributed by atoms with Crippen LogP contribution in [0.5, 0.6) is 0 Å². The summed E-state index contributed by atoms with van der Waals surface area (Å²) in [6.45, 7) is 1.88. The molecule has 106 valence electrons. The van der Waals surface area contributed by atoms with Crippen LogP contribution in [0.1, 0.15) is 36.4 Å². The van der Waals surface area contributed by atoms with E-state index in [1.54, 1.807) is 0 Å². The predicted molar refractivity (Wildman–Crippen MR) is 82.0 cm³/mol. The molecule has 0 aliphatic heterocycles. The molecule has 0 bridgehead atoms. The van der Waals surface area contributed by atoms with Crippen LogP contribution < -0.4 is 5.32 Å². The normalized spacial score (nSPS) is 18.1. The van der Waals surface area contributed by atoms with E-state index in [1.807, 2.05) is 0 Å². The molecule has 1 heterocycles. The zero-order valence-corrected chi connectivity index (χ0v) is 11.8. The van der Waals surface area contributed by atoms with Crippen molar-refractivity contribution in [1.82, 2.24) is 10.3 Å². The minimum absolute atomic E-state index is 0.216. The summed E-state index contributed by atoms with van der Waals surface area (Å²) in [5, 5.41) is 13.3. The summed E-state index contributed by atoms with van der Waals surface area (Å²) in [6.07, 6.45) is 4.74. The number of fused-ring (bicyclic) bond motifs is 2. The Labute approximate surface area is 120 Å². The molecule has 0 saturated carbocycles. The van der Waals surface area contributed by atoms with E-state index < -0.39 is 0 Å². The summed E-state index contributed by atoms with van der Waals surface area (Å²) in [4.78, 5) is 4.85. The first-order valence-electron chi connectivity index (χ1n) is 7.58. The van der Waals surface area contributed by atoms with E-state index in [0.717, 1.165) is 24.9 Å². The summed E-state index contributed by atoms with van der Waals surface area (Å²) in [7, 11) is 0. The van der Waals surface area contributed by atoms with E-state index in [0.29, 0.717) is 12.5 Å². The van der Waals surface area contributed by atoms with Crippen LogP contribution in [0.4, 0.5) is 0 Å². The van der Waals surface area contributed by atoms with Gasteiger partial charge in [-0.3, -0.25) is 4.98 Å². The summed E-state index contributed by atoms with van der Waals surface area (Å²) < 4.78 is 0. The van der Waals surface area contributed by atoms with Gasteiger partial charge in [0.2, 0.25) is 0 Å². The second-order valence-electron chi connectivity index (χ2n) is 5.57. The van der Waals surface area contributed by atoms with Crippen molar-refractivity contribution in [3.63, 3.8) is 0 Å². The predicted octanol–water partition coefficient (Wildman–Crippen LogP) is 2.63. The van der Waals surface area contributed by atoms with Gasteiger partial charge in [0, 0.05) is 17.6 Å². The molecule has 0 radical (unpaired) electrons. The maximum Gasteiger partial charge on any atom is 0.0705 e. The standard InChI is InChI=1S/C17H22N2O/c20-11-10-18-9-8-13-5-3-7-17-15(13)12-14-4-1-2-6-16(14)19-17/h1-2,4,6,12-13,18,20H,3,5,7-11H2. The third-order valence-corrected chi connectivity index (χ3v) is 4.20. The number of aromatic nitrogens is 1. The van der Waals surface area contributed by atoms with Gasteiger partial charge >= 0.3 is 0 Å². The van der Waals surface area contributed by atoms with Gasteiger partial charge in [0.15, 0.2) is 0 Å². The van der Waals surface area contributed by atoms with Crippen LogP contribution in [0.25, 0.3) is 10.9 Å². The van der Waals surface area contributed by atoms with E-state index in [-0.39, 0.29) is 6.61 Å². The maximum absolute atomic E-state index is 8.81. The molecular weight excluding hydrogens is 248 g/mol. The van der Waals surface area contributed by atoms with E-state index in [2.05, 4.69) is 35.6 Å². The average molecular weight is 270 g/mol. The van der Waals surface area contributed by atoms with E-state index in [4.69, 9.17) is 10.1 Å². The van der Waals surface area contributed by atoms with E-state index in [1.165, 1.54) is 29.5 Å². The molecule has 3 rings (SSSR count). The maximum atomic E-state index is 8.81. The Morgan fingerprint density at radius 2 is 2.15 bits per heavy atom. The van der Waals surface area contributed by atoms with Crippen molar-refractivity contribution in [3.8, 4) is 0 Å². The average Bonchev–Trinajstić information content (AvgIpc) is 2.50. The summed E-state index contributed by atoms with van der Waals surface area (Å²) >= 11 is 0. The molecule has 1 aliphatic carbocycles. The van der Waals surface area contributed by atoms with Gasteiger partial charge in [-0.15, -0.1) is 0 Å². The lowest BCUT2D eigenvalue weighted by Gasteiger charge is -2.25. The molecule has 3 heteroatoms. The number of nitrogens with zero attached hydrogens (tertiary/aromatic N) is 1. The van der Waals surface area contributed by atoms with Crippen LogP contribution in [0.2, 0.25) is 0 Å². The zero-order chi connectivity index (χ0) is 13.8. The molecule has 1 atom stereocenters. The Morgan fingerprint density at radius 3 is 3.05 bits per heavy atom. The Bertz CT molecular complexity index is 582.